The zero-order chi connectivity index (χ0) is 7.68. The molecule has 1 fully saturated rings. The number of rotatable bonds is 0. The van der Waals surface area contributed by atoms with E-state index in [2.05, 4.69) is 10.4 Å². The summed E-state index contributed by atoms with van der Waals surface area (Å²) in [6.07, 6.45) is 5.70. The number of nitrogens with zero attached hydrogens (tertiary/aromatic N) is 2. The average Bonchev–Trinajstić information content (AvgIpc) is 2.25. The van der Waals surface area contributed by atoms with Gasteiger partial charge in [-0.2, -0.15) is 0 Å². The van der Waals surface area contributed by atoms with Gasteiger partial charge in [0.1, 0.15) is 0 Å². The molecule has 0 aliphatic carbocycles. The van der Waals surface area contributed by atoms with E-state index in [1.807, 2.05) is 23.5 Å². The third-order valence-corrected chi connectivity index (χ3v) is 2.42. The molecule has 2 aliphatic rings. The van der Waals surface area contributed by atoms with Gasteiger partial charge in [-0.3, -0.25) is 4.99 Å². The Balaban J connectivity index is 2.15. The Bertz CT molecular complexity index is 202. The molecule has 2 atom stereocenters. The fourth-order valence-corrected chi connectivity index (χ4v) is 1.62. The molecule has 11 heavy (non-hydrogen) atoms. The number of hydrogen-bond acceptors (Lipinski definition) is 3. The molecule has 1 saturated heterocycles. The van der Waals surface area contributed by atoms with Crippen molar-refractivity contribution in [2.75, 3.05) is 13.1 Å². The normalized spacial score (nSPS) is 35.5. The highest BCUT2D eigenvalue weighted by Crippen LogP contribution is 2.16. The van der Waals surface area contributed by atoms with Crippen LogP contribution in [0.5, 0.6) is 0 Å². The van der Waals surface area contributed by atoms with Gasteiger partial charge in [0, 0.05) is 19.0 Å². The molecule has 0 aromatic carbocycles. The predicted octanol–water partition coefficient (Wildman–Crippen LogP) is 0.381. The lowest BCUT2D eigenvalue weighted by atomic mass is 10.2. The van der Waals surface area contributed by atoms with Crippen molar-refractivity contribution < 1.29 is 0 Å². The van der Waals surface area contributed by atoms with E-state index in [4.69, 9.17) is 11.6 Å². The highest BCUT2D eigenvalue weighted by Gasteiger charge is 2.30. The number of hydrogen-bond donors (Lipinski definition) is 1. The summed E-state index contributed by atoms with van der Waals surface area (Å²) < 4.78 is 0. The summed E-state index contributed by atoms with van der Waals surface area (Å²) in [6.45, 7) is 1.63. The third kappa shape index (κ3) is 1.26. The van der Waals surface area contributed by atoms with Gasteiger partial charge in [0.15, 0.2) is 0 Å². The summed E-state index contributed by atoms with van der Waals surface area (Å²) in [6, 6.07) is 0.326. The average molecular weight is 172 g/mol. The molecule has 0 bridgehead atoms. The van der Waals surface area contributed by atoms with Crippen molar-refractivity contribution in [1.82, 2.24) is 10.4 Å². The van der Waals surface area contributed by atoms with Crippen LogP contribution in [0.4, 0.5) is 0 Å². The van der Waals surface area contributed by atoms with E-state index in [-0.39, 0.29) is 5.38 Å². The third-order valence-electron chi connectivity index (χ3n) is 1.97. The van der Waals surface area contributed by atoms with Gasteiger partial charge in [0.05, 0.1) is 18.0 Å². The van der Waals surface area contributed by atoms with Crippen molar-refractivity contribution in [2.45, 2.75) is 11.4 Å². The van der Waals surface area contributed by atoms with Gasteiger partial charge in [-0.1, -0.05) is 0 Å². The van der Waals surface area contributed by atoms with Crippen LogP contribution in [0.25, 0.3) is 0 Å². The second-order valence-corrected chi connectivity index (χ2v) is 3.27. The van der Waals surface area contributed by atoms with Crippen LogP contribution in [-0.4, -0.2) is 35.7 Å². The van der Waals surface area contributed by atoms with E-state index in [9.17, 15) is 0 Å². The van der Waals surface area contributed by atoms with Crippen LogP contribution >= 0.6 is 11.6 Å². The summed E-state index contributed by atoms with van der Waals surface area (Å²) in [7, 11) is 0. The first-order valence-electron chi connectivity index (χ1n) is 3.70. The minimum Gasteiger partial charge on any atom is -0.309 e. The molecule has 0 saturated carbocycles. The first-order valence-corrected chi connectivity index (χ1v) is 4.14. The van der Waals surface area contributed by atoms with Gasteiger partial charge >= 0.3 is 0 Å². The molecule has 1 N–H and O–H groups in total. The monoisotopic (exact) mass is 171 g/mol. The minimum absolute atomic E-state index is 0.176. The Hall–Kier alpha value is -0.540. The SMILES string of the molecule is ClC1CNN2C=CC=NCC12. The summed E-state index contributed by atoms with van der Waals surface area (Å²) in [4.78, 5) is 4.19. The maximum absolute atomic E-state index is 6.05. The number of nitrogens with one attached hydrogen (secondary N) is 1. The molecule has 3 nitrogen and oxygen atoms in total. The Kier molecular flexibility index (Phi) is 1.84. The van der Waals surface area contributed by atoms with Crippen LogP contribution in [0.15, 0.2) is 17.3 Å². The molecule has 0 spiro atoms. The van der Waals surface area contributed by atoms with Crippen LogP contribution in [0, 0.1) is 0 Å². The zero-order valence-electron chi connectivity index (χ0n) is 6.07. The zero-order valence-corrected chi connectivity index (χ0v) is 6.83. The number of halogens is 1. The summed E-state index contributed by atoms with van der Waals surface area (Å²) in [5, 5.41) is 2.21. The first kappa shape index (κ1) is 7.13. The fraction of sp³-hybridized carbons (Fsp3) is 0.571. The van der Waals surface area contributed by atoms with Crippen molar-refractivity contribution in [3.8, 4) is 0 Å². The largest absolute Gasteiger partial charge is 0.309 e. The molecular formula is C7H10ClN3. The highest BCUT2D eigenvalue weighted by atomic mass is 35.5. The lowest BCUT2D eigenvalue weighted by molar-refractivity contribution is 0.283. The maximum Gasteiger partial charge on any atom is 0.0819 e. The summed E-state index contributed by atoms with van der Waals surface area (Å²) in [5.41, 5.74) is 3.18. The van der Waals surface area contributed by atoms with Crippen LogP contribution in [0.2, 0.25) is 0 Å². The molecule has 60 valence electrons. The fourth-order valence-electron chi connectivity index (χ4n) is 1.35. The van der Waals surface area contributed by atoms with E-state index in [0.717, 1.165) is 13.1 Å². The van der Waals surface area contributed by atoms with Gasteiger partial charge in [-0.05, 0) is 6.08 Å². The molecule has 2 unspecified atom stereocenters. The van der Waals surface area contributed by atoms with E-state index >= 15 is 0 Å². The van der Waals surface area contributed by atoms with Crippen molar-refractivity contribution in [1.29, 1.82) is 0 Å². The standard InChI is InChI=1S/C7H10ClN3/c8-6-4-10-11-3-1-2-9-5-7(6)11/h1-3,6-7,10H,4-5H2. The highest BCUT2D eigenvalue weighted by molar-refractivity contribution is 6.21. The number of aliphatic imine (C=N–C) groups is 1. The Morgan fingerprint density at radius 2 is 2.55 bits per heavy atom. The summed E-state index contributed by atoms with van der Waals surface area (Å²) >= 11 is 6.05. The number of fused-ring (bicyclic) bond motifs is 1. The van der Waals surface area contributed by atoms with Crippen LogP contribution in [0.1, 0.15) is 0 Å². The second-order valence-electron chi connectivity index (χ2n) is 2.71. The van der Waals surface area contributed by atoms with E-state index in [1.54, 1.807) is 0 Å². The Labute approximate surface area is 70.7 Å². The van der Waals surface area contributed by atoms with E-state index < -0.39 is 0 Å². The van der Waals surface area contributed by atoms with Gasteiger partial charge in [0.25, 0.3) is 0 Å². The van der Waals surface area contributed by atoms with Crippen molar-refractivity contribution in [2.24, 2.45) is 4.99 Å². The molecule has 2 aliphatic heterocycles. The number of allylic oxidation sites excluding steroid dienone is 1. The molecule has 0 aromatic rings. The Morgan fingerprint density at radius 3 is 3.45 bits per heavy atom. The van der Waals surface area contributed by atoms with E-state index in [0.29, 0.717) is 6.04 Å². The van der Waals surface area contributed by atoms with Gasteiger partial charge in [-0.15, -0.1) is 11.6 Å². The van der Waals surface area contributed by atoms with Crippen molar-refractivity contribution >= 4 is 17.8 Å². The molecule has 0 amide bonds. The van der Waals surface area contributed by atoms with Crippen molar-refractivity contribution in [3.63, 3.8) is 0 Å². The number of alkyl halides is 1. The van der Waals surface area contributed by atoms with E-state index in [1.165, 1.54) is 0 Å². The van der Waals surface area contributed by atoms with Crippen LogP contribution in [0.3, 0.4) is 0 Å². The van der Waals surface area contributed by atoms with Crippen LogP contribution < -0.4 is 5.43 Å². The van der Waals surface area contributed by atoms with Gasteiger partial charge in [-0.25, -0.2) is 5.43 Å². The maximum atomic E-state index is 6.05. The molecule has 4 heteroatoms. The van der Waals surface area contributed by atoms with Gasteiger partial charge < -0.3 is 5.01 Å². The lowest BCUT2D eigenvalue weighted by Gasteiger charge is -2.20. The molecular weight excluding hydrogens is 162 g/mol. The topological polar surface area (TPSA) is 27.6 Å². The summed E-state index contributed by atoms with van der Waals surface area (Å²) in [5.74, 6) is 0. The second kappa shape index (κ2) is 2.83. The molecule has 0 aromatic heterocycles. The lowest BCUT2D eigenvalue weighted by Crippen LogP contribution is -2.35. The smallest absolute Gasteiger partial charge is 0.0819 e. The predicted molar refractivity (Wildman–Crippen MR) is 45.8 cm³/mol. The number of hydrazine groups is 1. The molecule has 0 radical (unpaired) electrons. The first-order chi connectivity index (χ1) is 5.38. The van der Waals surface area contributed by atoms with Crippen molar-refractivity contribution in [3.05, 3.63) is 12.3 Å². The van der Waals surface area contributed by atoms with Crippen LogP contribution in [-0.2, 0) is 0 Å². The van der Waals surface area contributed by atoms with Gasteiger partial charge in [0.2, 0.25) is 0 Å². The molecule has 2 heterocycles. The molecule has 2 rings (SSSR count). The minimum atomic E-state index is 0.176. The quantitative estimate of drug-likeness (QED) is 0.534. The Morgan fingerprint density at radius 1 is 1.64 bits per heavy atom.